The Balaban J connectivity index is 1.75. The van der Waals surface area contributed by atoms with Gasteiger partial charge >= 0.3 is 0 Å². The number of rotatable bonds is 5. The van der Waals surface area contributed by atoms with E-state index in [-0.39, 0.29) is 12.5 Å². The summed E-state index contributed by atoms with van der Waals surface area (Å²) in [6, 6.07) is 18.1. The Morgan fingerprint density at radius 2 is 2.00 bits per heavy atom. The van der Waals surface area contributed by atoms with Crippen LogP contribution in [0.15, 0.2) is 60.8 Å². The third-order valence-electron chi connectivity index (χ3n) is 4.93. The van der Waals surface area contributed by atoms with Crippen molar-refractivity contribution in [3.63, 3.8) is 0 Å². The Bertz CT molecular complexity index is 1140. The van der Waals surface area contributed by atoms with Gasteiger partial charge in [0.25, 0.3) is 0 Å². The van der Waals surface area contributed by atoms with Crippen LogP contribution in [-0.2, 0) is 6.42 Å². The van der Waals surface area contributed by atoms with Crippen molar-refractivity contribution >= 4 is 38.7 Å². The highest BCUT2D eigenvalue weighted by Crippen LogP contribution is 2.36. The SMILES string of the molecule is CC(CO)c1ccnc(-c2cccc3cc(Cc4cc(N)ccc4Cl)sc23)c1. The molecule has 2 heterocycles. The van der Waals surface area contributed by atoms with Crippen LogP contribution in [0.4, 0.5) is 5.69 Å². The summed E-state index contributed by atoms with van der Waals surface area (Å²) in [6.07, 6.45) is 2.56. The number of fused-ring (bicyclic) bond motifs is 1. The molecular weight excluding hydrogens is 388 g/mol. The molecule has 3 nitrogen and oxygen atoms in total. The predicted molar refractivity (Wildman–Crippen MR) is 119 cm³/mol. The number of halogens is 1. The predicted octanol–water partition coefficient (Wildman–Crippen LogP) is 5.89. The summed E-state index contributed by atoms with van der Waals surface area (Å²) >= 11 is 8.11. The monoisotopic (exact) mass is 408 g/mol. The summed E-state index contributed by atoms with van der Waals surface area (Å²) in [5, 5.41) is 11.4. The van der Waals surface area contributed by atoms with Gasteiger partial charge in [-0.15, -0.1) is 11.3 Å². The molecule has 2 aromatic heterocycles. The zero-order chi connectivity index (χ0) is 19.7. The van der Waals surface area contributed by atoms with Crippen LogP contribution in [0.3, 0.4) is 0 Å². The van der Waals surface area contributed by atoms with Gasteiger partial charge in [-0.1, -0.05) is 36.7 Å². The molecule has 2 aromatic carbocycles. The maximum atomic E-state index is 9.47. The number of aliphatic hydroxyl groups is 1. The second-order valence-electron chi connectivity index (χ2n) is 7.02. The maximum Gasteiger partial charge on any atom is 0.0719 e. The zero-order valence-electron chi connectivity index (χ0n) is 15.5. The van der Waals surface area contributed by atoms with Gasteiger partial charge < -0.3 is 10.8 Å². The Morgan fingerprint density at radius 1 is 1.14 bits per heavy atom. The summed E-state index contributed by atoms with van der Waals surface area (Å²) in [6.45, 7) is 2.13. The van der Waals surface area contributed by atoms with Gasteiger partial charge in [-0.2, -0.15) is 0 Å². The summed E-state index contributed by atoms with van der Waals surface area (Å²) in [4.78, 5) is 5.81. The number of hydrogen-bond acceptors (Lipinski definition) is 4. The molecule has 5 heteroatoms. The molecule has 0 aliphatic rings. The van der Waals surface area contributed by atoms with Crippen molar-refractivity contribution in [2.24, 2.45) is 0 Å². The van der Waals surface area contributed by atoms with Crippen LogP contribution in [0.2, 0.25) is 5.02 Å². The molecule has 1 atom stereocenters. The highest BCUT2D eigenvalue weighted by Gasteiger charge is 2.13. The number of pyridine rings is 1. The summed E-state index contributed by atoms with van der Waals surface area (Å²) in [5.41, 5.74) is 10.8. The maximum absolute atomic E-state index is 9.47. The molecule has 0 aliphatic carbocycles. The molecule has 4 aromatic rings. The van der Waals surface area contributed by atoms with E-state index in [0.717, 1.165) is 39.5 Å². The van der Waals surface area contributed by atoms with Crippen molar-refractivity contribution in [2.75, 3.05) is 12.3 Å². The van der Waals surface area contributed by atoms with E-state index in [1.807, 2.05) is 37.4 Å². The van der Waals surface area contributed by atoms with Crippen LogP contribution >= 0.6 is 22.9 Å². The second kappa shape index (κ2) is 7.92. The van der Waals surface area contributed by atoms with Gasteiger partial charge in [0.15, 0.2) is 0 Å². The van der Waals surface area contributed by atoms with Crippen LogP contribution < -0.4 is 5.73 Å². The Kier molecular flexibility index (Phi) is 5.36. The molecule has 0 spiro atoms. The van der Waals surface area contributed by atoms with E-state index in [1.165, 1.54) is 15.0 Å². The largest absolute Gasteiger partial charge is 0.399 e. The fourth-order valence-corrected chi connectivity index (χ4v) is 4.72. The van der Waals surface area contributed by atoms with Gasteiger partial charge in [0.2, 0.25) is 0 Å². The highest BCUT2D eigenvalue weighted by molar-refractivity contribution is 7.19. The molecule has 0 amide bonds. The van der Waals surface area contributed by atoms with E-state index in [9.17, 15) is 5.11 Å². The van der Waals surface area contributed by atoms with Gasteiger partial charge in [-0.3, -0.25) is 4.98 Å². The number of nitrogen functional groups attached to an aromatic ring is 1. The van der Waals surface area contributed by atoms with Gasteiger partial charge in [0.05, 0.1) is 5.69 Å². The Labute approximate surface area is 173 Å². The van der Waals surface area contributed by atoms with E-state index >= 15 is 0 Å². The number of nitrogens with zero attached hydrogens (tertiary/aromatic N) is 1. The van der Waals surface area contributed by atoms with Crippen LogP contribution in [0.25, 0.3) is 21.3 Å². The molecule has 3 N–H and O–H groups in total. The molecule has 28 heavy (non-hydrogen) atoms. The summed E-state index contributed by atoms with van der Waals surface area (Å²) in [5.74, 6) is 0.0885. The second-order valence-corrected chi connectivity index (χ2v) is 8.57. The highest BCUT2D eigenvalue weighted by atomic mass is 35.5. The average molecular weight is 409 g/mol. The first-order chi connectivity index (χ1) is 13.5. The minimum Gasteiger partial charge on any atom is -0.399 e. The van der Waals surface area contributed by atoms with Crippen molar-refractivity contribution in [3.05, 3.63) is 81.8 Å². The molecule has 0 radical (unpaired) electrons. The van der Waals surface area contributed by atoms with Crippen LogP contribution in [0.5, 0.6) is 0 Å². The molecule has 1 unspecified atom stereocenters. The number of nitrogens with two attached hydrogens (primary N) is 1. The van der Waals surface area contributed by atoms with Crippen molar-refractivity contribution < 1.29 is 5.11 Å². The number of hydrogen-bond donors (Lipinski definition) is 2. The lowest BCUT2D eigenvalue weighted by Crippen LogP contribution is -1.99. The standard InChI is InChI=1S/C23H21ClN2OS/c1-14(13-27)15-7-8-26-22(12-15)20-4-2-3-16-10-19(28-23(16)20)11-17-9-18(25)5-6-21(17)24/h2-10,12,14,27H,11,13,25H2,1H3. The first-order valence-corrected chi connectivity index (χ1v) is 10.4. The van der Waals surface area contributed by atoms with Crippen molar-refractivity contribution in [1.29, 1.82) is 0 Å². The molecular formula is C23H21ClN2OS. The van der Waals surface area contributed by atoms with Crippen LogP contribution in [0, 0.1) is 0 Å². The number of aliphatic hydroxyl groups excluding tert-OH is 1. The summed E-state index contributed by atoms with van der Waals surface area (Å²) in [7, 11) is 0. The molecule has 0 bridgehead atoms. The quantitative estimate of drug-likeness (QED) is 0.405. The van der Waals surface area contributed by atoms with E-state index < -0.39 is 0 Å². The summed E-state index contributed by atoms with van der Waals surface area (Å²) < 4.78 is 1.21. The van der Waals surface area contributed by atoms with Crippen molar-refractivity contribution in [2.45, 2.75) is 19.3 Å². The van der Waals surface area contributed by atoms with Crippen molar-refractivity contribution in [1.82, 2.24) is 4.98 Å². The van der Waals surface area contributed by atoms with Gasteiger partial charge in [-0.25, -0.2) is 0 Å². The van der Waals surface area contributed by atoms with Crippen LogP contribution in [-0.4, -0.2) is 16.7 Å². The molecule has 0 aliphatic heterocycles. The van der Waals surface area contributed by atoms with Crippen LogP contribution in [0.1, 0.15) is 28.8 Å². The van der Waals surface area contributed by atoms with Crippen molar-refractivity contribution in [3.8, 4) is 11.3 Å². The minimum absolute atomic E-state index is 0.0885. The number of thiophene rings is 1. The Morgan fingerprint density at radius 3 is 2.82 bits per heavy atom. The number of benzene rings is 2. The minimum atomic E-state index is 0.0885. The molecule has 0 saturated heterocycles. The normalized spacial score (nSPS) is 12.4. The first-order valence-electron chi connectivity index (χ1n) is 9.17. The van der Waals surface area contributed by atoms with Gasteiger partial charge in [0.1, 0.15) is 0 Å². The average Bonchev–Trinajstić information content (AvgIpc) is 3.12. The molecule has 142 valence electrons. The lowest BCUT2D eigenvalue weighted by Gasteiger charge is -2.10. The first kappa shape index (κ1) is 18.9. The lowest BCUT2D eigenvalue weighted by molar-refractivity contribution is 0.273. The number of anilines is 1. The molecule has 0 fully saturated rings. The van der Waals surface area contributed by atoms with Gasteiger partial charge in [0, 0.05) is 51.0 Å². The van der Waals surface area contributed by atoms with E-state index in [2.05, 4.69) is 35.3 Å². The lowest BCUT2D eigenvalue weighted by atomic mass is 10.0. The topological polar surface area (TPSA) is 59.1 Å². The smallest absolute Gasteiger partial charge is 0.0719 e. The Hall–Kier alpha value is -2.40. The third kappa shape index (κ3) is 3.76. The molecule has 0 saturated carbocycles. The van der Waals surface area contributed by atoms with E-state index in [4.69, 9.17) is 17.3 Å². The molecule has 4 rings (SSSR count). The zero-order valence-corrected chi connectivity index (χ0v) is 17.1. The fourth-order valence-electron chi connectivity index (χ4n) is 3.33. The van der Waals surface area contributed by atoms with E-state index in [1.54, 1.807) is 11.3 Å². The van der Waals surface area contributed by atoms with Gasteiger partial charge in [-0.05, 0) is 52.9 Å². The fraction of sp³-hybridized carbons (Fsp3) is 0.174. The van der Waals surface area contributed by atoms with E-state index in [0.29, 0.717) is 0 Å². The number of aromatic nitrogens is 1. The third-order valence-corrected chi connectivity index (χ3v) is 6.49.